The van der Waals surface area contributed by atoms with E-state index in [-0.39, 0.29) is 25.2 Å². The lowest BCUT2D eigenvalue weighted by atomic mass is 10.2. The zero-order valence-electron chi connectivity index (χ0n) is 11.3. The molecule has 21 heavy (non-hydrogen) atoms. The third-order valence-electron chi connectivity index (χ3n) is 2.84. The van der Waals surface area contributed by atoms with Crippen LogP contribution in [0.15, 0.2) is 41.8 Å². The largest absolute Gasteiger partial charge is 0.394 e. The van der Waals surface area contributed by atoms with Crippen LogP contribution in [-0.2, 0) is 4.74 Å². The van der Waals surface area contributed by atoms with Crippen molar-refractivity contribution in [1.29, 1.82) is 0 Å². The van der Waals surface area contributed by atoms with Gasteiger partial charge in [0.15, 0.2) is 0 Å². The number of halogens is 1. The Morgan fingerprint density at radius 1 is 1.33 bits per heavy atom. The van der Waals surface area contributed by atoms with Crippen LogP contribution in [-0.4, -0.2) is 30.8 Å². The molecule has 0 aliphatic rings. The predicted octanol–water partition coefficient (Wildman–Crippen LogP) is 2.88. The van der Waals surface area contributed by atoms with Crippen LogP contribution in [0.25, 0.3) is 0 Å². The molecule has 6 heteroatoms. The first-order chi connectivity index (χ1) is 10.2. The lowest BCUT2D eigenvalue weighted by molar-refractivity contribution is 0.0296. The maximum atomic E-state index is 12.1. The van der Waals surface area contributed by atoms with Gasteiger partial charge in [-0.25, -0.2) is 0 Å². The van der Waals surface area contributed by atoms with Crippen molar-refractivity contribution in [2.75, 3.05) is 19.8 Å². The molecule has 0 bridgehead atoms. The molecule has 1 aromatic carbocycles. The second kappa shape index (κ2) is 8.14. The number of carbonyl (C=O) groups is 1. The molecule has 2 N–H and O–H groups in total. The van der Waals surface area contributed by atoms with E-state index >= 15 is 0 Å². The first-order valence-electron chi connectivity index (χ1n) is 6.51. The van der Waals surface area contributed by atoms with Gasteiger partial charge in [-0.05, 0) is 23.6 Å². The van der Waals surface area contributed by atoms with Crippen molar-refractivity contribution < 1.29 is 14.6 Å². The molecule has 4 nitrogen and oxygen atoms in total. The van der Waals surface area contributed by atoms with Crippen LogP contribution in [0.1, 0.15) is 21.3 Å². The van der Waals surface area contributed by atoms with E-state index in [0.29, 0.717) is 17.1 Å². The number of rotatable bonds is 7. The van der Waals surface area contributed by atoms with Crippen molar-refractivity contribution in [2.45, 2.75) is 6.10 Å². The number of carbonyl (C=O) groups excluding carboxylic acids is 1. The van der Waals surface area contributed by atoms with Gasteiger partial charge >= 0.3 is 0 Å². The van der Waals surface area contributed by atoms with E-state index in [4.69, 9.17) is 21.4 Å². The molecule has 0 aliphatic carbocycles. The number of aliphatic hydroxyl groups is 1. The Balaban J connectivity index is 1.98. The van der Waals surface area contributed by atoms with Crippen molar-refractivity contribution in [3.63, 3.8) is 0 Å². The van der Waals surface area contributed by atoms with Gasteiger partial charge in [0.1, 0.15) is 6.10 Å². The molecule has 2 aromatic rings. The highest BCUT2D eigenvalue weighted by molar-refractivity contribution is 7.10. The summed E-state index contributed by atoms with van der Waals surface area (Å²) in [6.07, 6.45) is -0.274. The molecular weight excluding hydrogens is 310 g/mol. The van der Waals surface area contributed by atoms with Crippen LogP contribution < -0.4 is 5.32 Å². The van der Waals surface area contributed by atoms with Crippen LogP contribution >= 0.6 is 22.9 Å². The summed E-state index contributed by atoms with van der Waals surface area (Å²) in [5.41, 5.74) is 0.436. The SMILES string of the molecule is O=C(NCC(OCCO)c1cccs1)c1ccccc1Cl. The number of hydrogen-bond acceptors (Lipinski definition) is 4. The summed E-state index contributed by atoms with van der Waals surface area (Å²) in [6.45, 7) is 0.495. The van der Waals surface area contributed by atoms with Gasteiger partial charge in [0.05, 0.1) is 23.8 Å². The van der Waals surface area contributed by atoms with Crippen molar-refractivity contribution in [1.82, 2.24) is 5.32 Å². The summed E-state index contributed by atoms with van der Waals surface area (Å²) in [5.74, 6) is -0.241. The average molecular weight is 326 g/mol. The molecule has 0 saturated carbocycles. The number of thiophene rings is 1. The smallest absolute Gasteiger partial charge is 0.252 e. The molecule has 1 amide bonds. The third-order valence-corrected chi connectivity index (χ3v) is 4.13. The van der Waals surface area contributed by atoms with Crippen molar-refractivity contribution in [3.05, 3.63) is 57.2 Å². The topological polar surface area (TPSA) is 58.6 Å². The summed E-state index contributed by atoms with van der Waals surface area (Å²) in [5, 5.41) is 14.1. The zero-order valence-corrected chi connectivity index (χ0v) is 12.9. The first-order valence-corrected chi connectivity index (χ1v) is 7.76. The van der Waals surface area contributed by atoms with Crippen LogP contribution in [0.2, 0.25) is 5.02 Å². The van der Waals surface area contributed by atoms with Gasteiger partial charge < -0.3 is 15.2 Å². The van der Waals surface area contributed by atoms with E-state index in [1.807, 2.05) is 17.5 Å². The van der Waals surface area contributed by atoms with E-state index in [2.05, 4.69) is 5.32 Å². The Morgan fingerprint density at radius 2 is 2.14 bits per heavy atom. The molecule has 1 aromatic heterocycles. The number of amides is 1. The number of benzene rings is 1. The first kappa shape index (κ1) is 16.0. The minimum Gasteiger partial charge on any atom is -0.394 e. The normalized spacial score (nSPS) is 12.1. The van der Waals surface area contributed by atoms with Gasteiger partial charge in [0, 0.05) is 11.4 Å². The van der Waals surface area contributed by atoms with Crippen LogP contribution in [0.5, 0.6) is 0 Å². The minimum atomic E-state index is -0.274. The molecule has 2 rings (SSSR count). The molecule has 0 spiro atoms. The highest BCUT2D eigenvalue weighted by Gasteiger charge is 2.16. The molecule has 0 fully saturated rings. The fourth-order valence-electron chi connectivity index (χ4n) is 1.84. The lowest BCUT2D eigenvalue weighted by Crippen LogP contribution is -2.29. The van der Waals surface area contributed by atoms with Crippen molar-refractivity contribution in [2.24, 2.45) is 0 Å². The maximum absolute atomic E-state index is 12.1. The van der Waals surface area contributed by atoms with E-state index < -0.39 is 0 Å². The Labute approximate surface area is 132 Å². The highest BCUT2D eigenvalue weighted by atomic mass is 35.5. The number of nitrogens with one attached hydrogen (secondary N) is 1. The van der Waals surface area contributed by atoms with Crippen molar-refractivity contribution >= 4 is 28.8 Å². The average Bonchev–Trinajstić information content (AvgIpc) is 3.01. The van der Waals surface area contributed by atoms with E-state index in [1.54, 1.807) is 35.6 Å². The quantitative estimate of drug-likeness (QED) is 0.823. The molecule has 1 heterocycles. The molecule has 0 saturated heterocycles. The van der Waals surface area contributed by atoms with Gasteiger partial charge in [0.25, 0.3) is 5.91 Å². The summed E-state index contributed by atoms with van der Waals surface area (Å²) in [4.78, 5) is 13.1. The molecule has 1 atom stereocenters. The number of aliphatic hydroxyl groups excluding tert-OH is 1. The van der Waals surface area contributed by atoms with Gasteiger partial charge in [-0.1, -0.05) is 29.8 Å². The van der Waals surface area contributed by atoms with E-state index in [0.717, 1.165) is 4.88 Å². The second-order valence-electron chi connectivity index (χ2n) is 4.29. The Bertz CT molecular complexity index is 574. The molecule has 112 valence electrons. The van der Waals surface area contributed by atoms with Gasteiger partial charge in [0.2, 0.25) is 0 Å². The fraction of sp³-hybridized carbons (Fsp3) is 0.267. The minimum absolute atomic E-state index is 0.0552. The van der Waals surface area contributed by atoms with Crippen LogP contribution in [0.3, 0.4) is 0 Å². The summed E-state index contributed by atoms with van der Waals surface area (Å²) >= 11 is 7.54. The summed E-state index contributed by atoms with van der Waals surface area (Å²) in [7, 11) is 0. The summed E-state index contributed by atoms with van der Waals surface area (Å²) < 4.78 is 5.56. The number of ether oxygens (including phenoxy) is 1. The van der Waals surface area contributed by atoms with Gasteiger partial charge in [-0.2, -0.15) is 0 Å². The Hall–Kier alpha value is -1.40. The molecule has 0 aliphatic heterocycles. The fourth-order valence-corrected chi connectivity index (χ4v) is 2.83. The molecule has 1 unspecified atom stereocenters. The van der Waals surface area contributed by atoms with Crippen LogP contribution in [0, 0.1) is 0 Å². The van der Waals surface area contributed by atoms with E-state index in [9.17, 15) is 4.79 Å². The van der Waals surface area contributed by atoms with Gasteiger partial charge in [-0.3, -0.25) is 4.79 Å². The molecular formula is C15H16ClNO3S. The third kappa shape index (κ3) is 4.54. The van der Waals surface area contributed by atoms with E-state index in [1.165, 1.54) is 0 Å². The highest BCUT2D eigenvalue weighted by Crippen LogP contribution is 2.22. The lowest BCUT2D eigenvalue weighted by Gasteiger charge is -2.17. The molecule has 0 radical (unpaired) electrons. The second-order valence-corrected chi connectivity index (χ2v) is 5.67. The van der Waals surface area contributed by atoms with Gasteiger partial charge in [-0.15, -0.1) is 11.3 Å². The predicted molar refractivity (Wildman–Crippen MR) is 83.9 cm³/mol. The Kier molecular flexibility index (Phi) is 6.20. The maximum Gasteiger partial charge on any atom is 0.252 e. The van der Waals surface area contributed by atoms with Crippen molar-refractivity contribution in [3.8, 4) is 0 Å². The standard InChI is InChI=1S/C15H16ClNO3S/c16-12-5-2-1-4-11(12)15(19)17-10-13(20-8-7-18)14-6-3-9-21-14/h1-6,9,13,18H,7-8,10H2,(H,17,19). The Morgan fingerprint density at radius 3 is 2.81 bits per heavy atom. The van der Waals surface area contributed by atoms with Crippen LogP contribution in [0.4, 0.5) is 0 Å². The monoisotopic (exact) mass is 325 g/mol. The zero-order chi connectivity index (χ0) is 15.1. The summed E-state index contributed by atoms with van der Waals surface area (Å²) in [6, 6.07) is 10.7. The number of hydrogen-bond donors (Lipinski definition) is 2.